The van der Waals surface area contributed by atoms with Gasteiger partial charge in [-0.3, -0.25) is 9.59 Å². The molecule has 0 saturated carbocycles. The molecule has 0 aliphatic carbocycles. The Kier molecular flexibility index (Phi) is 6.21. The van der Waals surface area contributed by atoms with E-state index in [1.807, 2.05) is 24.3 Å². The second kappa shape index (κ2) is 9.59. The monoisotopic (exact) mass is 479 g/mol. The van der Waals surface area contributed by atoms with Crippen LogP contribution in [0.25, 0.3) is 20.9 Å². The van der Waals surface area contributed by atoms with Crippen LogP contribution < -0.4 is 4.90 Å². The number of carbonyl (C=O) groups is 2. The third-order valence-electron chi connectivity index (χ3n) is 5.60. The fraction of sp³-hybridized carbons (Fsp3) is 0.0345. The maximum Gasteiger partial charge on any atom is 0.160 e. The van der Waals surface area contributed by atoms with Gasteiger partial charge in [0.25, 0.3) is 0 Å². The Morgan fingerprint density at radius 1 is 0.529 bits per heavy atom. The molecule has 166 valence electrons. The Balaban J connectivity index is 1.51. The lowest BCUT2D eigenvalue weighted by atomic mass is 10.1. The van der Waals surface area contributed by atoms with E-state index in [1.54, 1.807) is 0 Å². The number of benzene rings is 3. The first-order chi connectivity index (χ1) is 16.6. The van der Waals surface area contributed by atoms with Crippen molar-refractivity contribution in [2.75, 3.05) is 4.90 Å². The molecule has 0 amide bonds. The minimum Gasteiger partial charge on any atom is -0.311 e. The highest BCUT2D eigenvalue weighted by Gasteiger charge is 2.14. The van der Waals surface area contributed by atoms with Crippen molar-refractivity contribution >= 4 is 52.3 Å². The van der Waals surface area contributed by atoms with Crippen molar-refractivity contribution in [1.29, 1.82) is 0 Å². The van der Waals surface area contributed by atoms with Crippen LogP contribution in [-0.4, -0.2) is 12.6 Å². The molecule has 0 spiro atoms. The normalized spacial score (nSPS) is 10.7. The number of aldehydes is 2. The highest BCUT2D eigenvalue weighted by atomic mass is 32.1. The number of carbonyl (C=O) groups excluding carboxylic acids is 2. The molecule has 0 aliphatic heterocycles. The second-order valence-electron chi connectivity index (χ2n) is 7.90. The topological polar surface area (TPSA) is 37.4 Å². The first kappa shape index (κ1) is 22.0. The third kappa shape index (κ3) is 4.49. The molecular formula is C29H21NO2S2. The van der Waals surface area contributed by atoms with Gasteiger partial charge in [-0.1, -0.05) is 42.0 Å². The Hall–Kier alpha value is -3.80. The smallest absolute Gasteiger partial charge is 0.160 e. The molecule has 0 N–H and O–H groups in total. The first-order valence-electron chi connectivity index (χ1n) is 10.8. The van der Waals surface area contributed by atoms with Gasteiger partial charge >= 0.3 is 0 Å². The quantitative estimate of drug-likeness (QED) is 0.219. The predicted molar refractivity (Wildman–Crippen MR) is 143 cm³/mol. The van der Waals surface area contributed by atoms with Crippen LogP contribution in [0.2, 0.25) is 0 Å². The molecule has 0 atom stereocenters. The summed E-state index contributed by atoms with van der Waals surface area (Å²) in [5.74, 6) is 0. The molecule has 0 bridgehead atoms. The molecule has 0 aliphatic rings. The van der Waals surface area contributed by atoms with Crippen LogP contribution in [0.4, 0.5) is 17.1 Å². The molecule has 5 rings (SSSR count). The first-order valence-corrected chi connectivity index (χ1v) is 12.5. The molecule has 2 heterocycles. The van der Waals surface area contributed by atoms with Crippen molar-refractivity contribution in [3.8, 4) is 20.9 Å². The van der Waals surface area contributed by atoms with E-state index in [-0.39, 0.29) is 0 Å². The maximum atomic E-state index is 11.1. The number of hydrogen-bond acceptors (Lipinski definition) is 5. The largest absolute Gasteiger partial charge is 0.311 e. The Bertz CT molecular complexity index is 1340. The van der Waals surface area contributed by atoms with Crippen LogP contribution in [0, 0.1) is 6.92 Å². The molecule has 34 heavy (non-hydrogen) atoms. The van der Waals surface area contributed by atoms with Crippen molar-refractivity contribution in [2.24, 2.45) is 0 Å². The van der Waals surface area contributed by atoms with Gasteiger partial charge in [-0.05, 0) is 78.7 Å². The van der Waals surface area contributed by atoms with Crippen molar-refractivity contribution in [1.82, 2.24) is 0 Å². The summed E-state index contributed by atoms with van der Waals surface area (Å²) in [6.07, 6.45) is 1.78. The number of anilines is 3. The van der Waals surface area contributed by atoms with Gasteiger partial charge in [-0.2, -0.15) is 0 Å². The standard InChI is InChI=1S/C29H21NO2S2/c1-20-2-8-23(9-3-20)30(24-10-4-21(5-11-24)28-16-14-26(18-31)33-28)25-12-6-22(7-13-25)29-17-15-27(19-32)34-29/h2-19H,1H3. The minimum atomic E-state index is 0.728. The molecule has 5 heteroatoms. The fourth-order valence-corrected chi connectivity index (χ4v) is 5.49. The molecule has 5 aromatic rings. The van der Waals surface area contributed by atoms with Gasteiger partial charge < -0.3 is 4.90 Å². The zero-order chi connectivity index (χ0) is 23.5. The van der Waals surface area contributed by atoms with Crippen molar-refractivity contribution in [3.05, 3.63) is 112 Å². The van der Waals surface area contributed by atoms with Gasteiger partial charge in [0.1, 0.15) is 0 Å². The van der Waals surface area contributed by atoms with Crippen LogP contribution in [0.5, 0.6) is 0 Å². The highest BCUT2D eigenvalue weighted by molar-refractivity contribution is 7.17. The zero-order valence-electron chi connectivity index (χ0n) is 18.5. The van der Waals surface area contributed by atoms with E-state index in [4.69, 9.17) is 0 Å². The van der Waals surface area contributed by atoms with Crippen LogP contribution in [0.3, 0.4) is 0 Å². The fourth-order valence-electron chi connectivity index (χ4n) is 3.83. The number of hydrogen-bond donors (Lipinski definition) is 0. The van der Waals surface area contributed by atoms with E-state index in [1.165, 1.54) is 28.2 Å². The van der Waals surface area contributed by atoms with E-state index < -0.39 is 0 Å². The molecule has 3 nitrogen and oxygen atoms in total. The van der Waals surface area contributed by atoms with Crippen LogP contribution in [0.1, 0.15) is 24.9 Å². The summed E-state index contributed by atoms with van der Waals surface area (Å²) in [6, 6.07) is 33.0. The highest BCUT2D eigenvalue weighted by Crippen LogP contribution is 2.38. The average molecular weight is 480 g/mol. The second-order valence-corrected chi connectivity index (χ2v) is 10.1. The zero-order valence-corrected chi connectivity index (χ0v) is 20.1. The SMILES string of the molecule is Cc1ccc(N(c2ccc(-c3ccc(C=O)s3)cc2)c2ccc(-c3ccc(C=O)s3)cc2)cc1. The summed E-state index contributed by atoms with van der Waals surface area (Å²) in [7, 11) is 0. The Morgan fingerprint density at radius 2 is 0.912 bits per heavy atom. The third-order valence-corrected chi connectivity index (χ3v) is 7.72. The van der Waals surface area contributed by atoms with Crippen LogP contribution >= 0.6 is 22.7 Å². The molecule has 2 aromatic heterocycles. The number of rotatable bonds is 7. The van der Waals surface area contributed by atoms with Gasteiger partial charge in [0.2, 0.25) is 0 Å². The van der Waals surface area contributed by atoms with Crippen LogP contribution in [0.15, 0.2) is 97.1 Å². The lowest BCUT2D eigenvalue weighted by molar-refractivity contribution is 0.111. The molecule has 3 aromatic carbocycles. The summed E-state index contributed by atoms with van der Waals surface area (Å²) in [5, 5.41) is 0. The molecule has 0 unspecified atom stereocenters. The molecular weight excluding hydrogens is 458 g/mol. The van der Waals surface area contributed by atoms with Gasteiger partial charge in [0, 0.05) is 26.8 Å². The lowest BCUT2D eigenvalue weighted by Gasteiger charge is -2.26. The molecule has 0 radical (unpaired) electrons. The van der Waals surface area contributed by atoms with Crippen molar-refractivity contribution in [3.63, 3.8) is 0 Å². The van der Waals surface area contributed by atoms with E-state index >= 15 is 0 Å². The Labute approximate surface area is 206 Å². The van der Waals surface area contributed by atoms with Crippen LogP contribution in [-0.2, 0) is 0 Å². The summed E-state index contributed by atoms with van der Waals surface area (Å²) in [6.45, 7) is 2.08. The summed E-state index contributed by atoms with van der Waals surface area (Å²) in [4.78, 5) is 27.9. The van der Waals surface area contributed by atoms with Gasteiger partial charge in [-0.15, -0.1) is 22.7 Å². The lowest BCUT2D eigenvalue weighted by Crippen LogP contribution is -2.09. The van der Waals surface area contributed by atoms with Gasteiger partial charge in [0.15, 0.2) is 12.6 Å². The Morgan fingerprint density at radius 3 is 1.26 bits per heavy atom. The van der Waals surface area contributed by atoms with Gasteiger partial charge in [0.05, 0.1) is 9.75 Å². The number of thiophene rings is 2. The van der Waals surface area contributed by atoms with Crippen molar-refractivity contribution in [2.45, 2.75) is 6.92 Å². The average Bonchev–Trinajstić information content (AvgIpc) is 3.56. The maximum absolute atomic E-state index is 11.1. The number of aryl methyl sites for hydroxylation is 1. The summed E-state index contributed by atoms with van der Waals surface area (Å²) < 4.78 is 0. The summed E-state index contributed by atoms with van der Waals surface area (Å²) >= 11 is 2.99. The molecule has 0 fully saturated rings. The van der Waals surface area contributed by atoms with E-state index in [2.05, 4.69) is 84.6 Å². The van der Waals surface area contributed by atoms with E-state index in [0.29, 0.717) is 0 Å². The molecule has 0 saturated heterocycles. The number of nitrogens with zero attached hydrogens (tertiary/aromatic N) is 1. The van der Waals surface area contributed by atoms with Gasteiger partial charge in [-0.25, -0.2) is 0 Å². The van der Waals surface area contributed by atoms with Crippen molar-refractivity contribution < 1.29 is 9.59 Å². The summed E-state index contributed by atoms with van der Waals surface area (Å²) in [5.41, 5.74) is 6.56. The predicted octanol–water partition coefficient (Wildman–Crippen LogP) is 8.55. The van der Waals surface area contributed by atoms with E-state index in [0.717, 1.165) is 60.3 Å². The van der Waals surface area contributed by atoms with E-state index in [9.17, 15) is 9.59 Å². The minimum absolute atomic E-state index is 0.728.